The summed E-state index contributed by atoms with van der Waals surface area (Å²) in [5, 5.41) is 2.81. The third kappa shape index (κ3) is 3.35. The number of rotatable bonds is 3. The molecule has 1 unspecified atom stereocenters. The van der Waals surface area contributed by atoms with E-state index in [-0.39, 0.29) is 11.3 Å². The lowest BCUT2D eigenvalue weighted by molar-refractivity contribution is 0.0911. The van der Waals surface area contributed by atoms with Crippen molar-refractivity contribution in [2.24, 2.45) is 0 Å². The second-order valence-corrected chi connectivity index (χ2v) is 6.09. The molecule has 16 heavy (non-hydrogen) atoms. The first-order valence-corrected chi connectivity index (χ1v) is 6.57. The van der Waals surface area contributed by atoms with Gasteiger partial charge in [0.05, 0.1) is 16.5 Å². The van der Waals surface area contributed by atoms with Gasteiger partial charge < -0.3 is 5.32 Å². The highest BCUT2D eigenvalue weighted by molar-refractivity contribution is 14.1. The molecular weight excluding hydrogens is 336 g/mol. The van der Waals surface area contributed by atoms with Crippen LogP contribution in [0.3, 0.4) is 0 Å². The van der Waals surface area contributed by atoms with E-state index >= 15 is 0 Å². The second-order valence-electron chi connectivity index (χ2n) is 4.27. The average Bonchev–Trinajstić information content (AvgIpc) is 2.17. The van der Waals surface area contributed by atoms with Gasteiger partial charge in [-0.25, -0.2) is 0 Å². The summed E-state index contributed by atoms with van der Waals surface area (Å²) >= 11 is 8.17. The predicted octanol–water partition coefficient (Wildman–Crippen LogP) is 3.43. The molecule has 0 aromatic heterocycles. The largest absolute Gasteiger partial charge is 0.346 e. The van der Waals surface area contributed by atoms with Gasteiger partial charge in [-0.1, -0.05) is 12.1 Å². The Kier molecular flexibility index (Phi) is 4.62. The van der Waals surface area contributed by atoms with E-state index in [1.807, 2.05) is 45.0 Å². The fourth-order valence-electron chi connectivity index (χ4n) is 1.10. The molecule has 1 aromatic rings. The molecule has 0 saturated carbocycles. The lowest BCUT2D eigenvalue weighted by Gasteiger charge is -2.29. The number of alkyl halides is 1. The van der Waals surface area contributed by atoms with Crippen molar-refractivity contribution in [1.29, 1.82) is 0 Å². The number of nitrogens with one attached hydrogen (secondary N) is 1. The van der Waals surface area contributed by atoms with Crippen LogP contribution in [0.1, 0.15) is 31.1 Å². The van der Waals surface area contributed by atoms with Crippen LogP contribution >= 0.6 is 34.2 Å². The van der Waals surface area contributed by atoms with Crippen molar-refractivity contribution in [2.45, 2.75) is 31.7 Å². The van der Waals surface area contributed by atoms with Crippen LogP contribution in [0, 0.1) is 3.57 Å². The van der Waals surface area contributed by atoms with Crippen molar-refractivity contribution in [3.63, 3.8) is 0 Å². The molecule has 4 heteroatoms. The highest BCUT2D eigenvalue weighted by Gasteiger charge is 2.26. The number of benzene rings is 1. The molecular formula is C12H15ClINO. The lowest BCUT2D eigenvalue weighted by atomic mass is 10.0. The molecule has 1 atom stereocenters. The molecule has 0 aliphatic rings. The van der Waals surface area contributed by atoms with Gasteiger partial charge in [0.2, 0.25) is 0 Å². The van der Waals surface area contributed by atoms with E-state index in [0.717, 1.165) is 3.57 Å². The Bertz CT molecular complexity index is 390. The first-order chi connectivity index (χ1) is 7.34. The van der Waals surface area contributed by atoms with Crippen LogP contribution in [0.5, 0.6) is 0 Å². The zero-order valence-corrected chi connectivity index (χ0v) is 12.5. The molecule has 0 saturated heterocycles. The first-order valence-electron chi connectivity index (χ1n) is 5.05. The maximum Gasteiger partial charge on any atom is 0.252 e. The minimum atomic E-state index is -0.419. The molecule has 88 valence electrons. The van der Waals surface area contributed by atoms with Crippen LogP contribution in [0.4, 0.5) is 0 Å². The summed E-state index contributed by atoms with van der Waals surface area (Å²) in [6.07, 6.45) is 0. The Morgan fingerprint density at radius 2 is 2.00 bits per heavy atom. The van der Waals surface area contributed by atoms with Crippen LogP contribution in [0.2, 0.25) is 0 Å². The summed E-state index contributed by atoms with van der Waals surface area (Å²) < 4.78 is 0.940. The van der Waals surface area contributed by atoms with Gasteiger partial charge in [0.1, 0.15) is 0 Å². The molecule has 0 aliphatic heterocycles. The Labute approximate surface area is 115 Å². The standard InChI is InChI=1S/C12H15ClINO/c1-8(13)12(2,3)15-11(16)9-6-4-5-7-10(9)14/h4-8H,1-3H3,(H,15,16). The summed E-state index contributed by atoms with van der Waals surface area (Å²) in [5.74, 6) is -0.0810. The van der Waals surface area contributed by atoms with E-state index in [4.69, 9.17) is 11.6 Å². The number of carbonyl (C=O) groups excluding carboxylic acids is 1. The highest BCUT2D eigenvalue weighted by atomic mass is 127. The summed E-state index contributed by atoms with van der Waals surface area (Å²) in [4.78, 5) is 12.0. The van der Waals surface area contributed by atoms with Gasteiger partial charge in [-0.2, -0.15) is 0 Å². The summed E-state index contributed by atoms with van der Waals surface area (Å²) in [6, 6.07) is 7.49. The highest BCUT2D eigenvalue weighted by Crippen LogP contribution is 2.17. The number of carbonyl (C=O) groups is 1. The number of hydrogen-bond donors (Lipinski definition) is 1. The molecule has 1 amide bonds. The summed E-state index contributed by atoms with van der Waals surface area (Å²) in [7, 11) is 0. The van der Waals surface area contributed by atoms with Crippen molar-refractivity contribution in [1.82, 2.24) is 5.32 Å². The van der Waals surface area contributed by atoms with E-state index in [1.165, 1.54) is 0 Å². The van der Waals surface area contributed by atoms with Gasteiger partial charge in [0, 0.05) is 3.57 Å². The second kappa shape index (κ2) is 5.36. The predicted molar refractivity (Wildman–Crippen MR) is 76.0 cm³/mol. The van der Waals surface area contributed by atoms with Gasteiger partial charge in [0.15, 0.2) is 0 Å². The van der Waals surface area contributed by atoms with Crippen LogP contribution < -0.4 is 5.32 Å². The minimum absolute atomic E-state index is 0.0810. The van der Waals surface area contributed by atoms with E-state index < -0.39 is 5.54 Å². The first kappa shape index (κ1) is 13.8. The zero-order valence-electron chi connectivity index (χ0n) is 9.55. The smallest absolute Gasteiger partial charge is 0.252 e. The Balaban J connectivity index is 2.85. The maximum atomic E-state index is 12.0. The molecule has 0 bridgehead atoms. The molecule has 1 rings (SSSR count). The van der Waals surface area contributed by atoms with Gasteiger partial charge in [0.25, 0.3) is 5.91 Å². The van der Waals surface area contributed by atoms with Crippen LogP contribution in [0.15, 0.2) is 24.3 Å². The molecule has 0 heterocycles. The molecule has 0 radical (unpaired) electrons. The number of hydrogen-bond acceptors (Lipinski definition) is 1. The molecule has 1 N–H and O–H groups in total. The zero-order chi connectivity index (χ0) is 12.3. The number of amides is 1. The van der Waals surface area contributed by atoms with Gasteiger partial charge in [-0.3, -0.25) is 4.79 Å². The van der Waals surface area contributed by atoms with Gasteiger partial charge in [-0.15, -0.1) is 11.6 Å². The average molecular weight is 352 g/mol. The topological polar surface area (TPSA) is 29.1 Å². The normalized spacial score (nSPS) is 13.3. The van der Waals surface area contributed by atoms with E-state index in [0.29, 0.717) is 5.56 Å². The van der Waals surface area contributed by atoms with Crippen LogP contribution in [-0.4, -0.2) is 16.8 Å². The van der Waals surface area contributed by atoms with Crippen molar-refractivity contribution in [2.75, 3.05) is 0 Å². The molecule has 2 nitrogen and oxygen atoms in total. The monoisotopic (exact) mass is 351 g/mol. The Morgan fingerprint density at radius 1 is 1.44 bits per heavy atom. The SMILES string of the molecule is CC(Cl)C(C)(C)NC(=O)c1ccccc1I. The van der Waals surface area contributed by atoms with E-state index in [1.54, 1.807) is 0 Å². The lowest BCUT2D eigenvalue weighted by Crippen LogP contribution is -2.49. The third-order valence-corrected chi connectivity index (χ3v) is 4.03. The third-order valence-electron chi connectivity index (χ3n) is 2.55. The molecule has 1 aromatic carbocycles. The minimum Gasteiger partial charge on any atom is -0.346 e. The molecule has 0 spiro atoms. The summed E-state index contributed by atoms with van der Waals surface area (Å²) in [6.45, 7) is 5.70. The summed E-state index contributed by atoms with van der Waals surface area (Å²) in [5.41, 5.74) is 0.269. The van der Waals surface area contributed by atoms with Crippen molar-refractivity contribution >= 4 is 40.1 Å². The van der Waals surface area contributed by atoms with Gasteiger partial charge in [-0.05, 0) is 55.5 Å². The van der Waals surface area contributed by atoms with E-state index in [2.05, 4.69) is 27.9 Å². The maximum absolute atomic E-state index is 12.0. The van der Waals surface area contributed by atoms with Gasteiger partial charge >= 0.3 is 0 Å². The molecule has 0 fully saturated rings. The number of halogens is 2. The fourth-order valence-corrected chi connectivity index (χ4v) is 1.79. The van der Waals surface area contributed by atoms with Crippen molar-refractivity contribution in [3.05, 3.63) is 33.4 Å². The molecule has 0 aliphatic carbocycles. The fraction of sp³-hybridized carbons (Fsp3) is 0.417. The Morgan fingerprint density at radius 3 is 2.50 bits per heavy atom. The van der Waals surface area contributed by atoms with Crippen molar-refractivity contribution in [3.8, 4) is 0 Å². The van der Waals surface area contributed by atoms with Crippen LogP contribution in [0.25, 0.3) is 0 Å². The van der Waals surface area contributed by atoms with E-state index in [9.17, 15) is 4.79 Å². The Hall–Kier alpha value is -0.290. The van der Waals surface area contributed by atoms with Crippen molar-refractivity contribution < 1.29 is 4.79 Å². The van der Waals surface area contributed by atoms with Crippen LogP contribution in [-0.2, 0) is 0 Å². The quantitative estimate of drug-likeness (QED) is 0.656.